The molecule has 2 heterocycles. The molecule has 0 bridgehead atoms. The number of thioether (sulfide) groups is 1. The van der Waals surface area contributed by atoms with Crippen LogP contribution in [0.3, 0.4) is 0 Å². The van der Waals surface area contributed by atoms with E-state index >= 15 is 0 Å². The molecule has 2 aromatic heterocycles. The first-order valence-corrected chi connectivity index (χ1v) is 7.93. The Morgan fingerprint density at radius 1 is 1.32 bits per heavy atom. The number of carbonyl (C=O) groups excluding carboxylic acids is 1. The van der Waals surface area contributed by atoms with Crippen molar-refractivity contribution in [2.75, 3.05) is 12.3 Å². The fourth-order valence-corrected chi connectivity index (χ4v) is 3.16. The van der Waals surface area contributed by atoms with Crippen molar-refractivity contribution in [3.8, 4) is 0 Å². The minimum Gasteiger partial charge on any atom is -0.351 e. The number of aryl methyl sites for hydroxylation is 1. The molecule has 2 aromatic rings. The van der Waals surface area contributed by atoms with E-state index in [4.69, 9.17) is 0 Å². The SMILES string of the molecule is Cc1ccc(C(=O)NCCCSc2ccncc2)s1. The Morgan fingerprint density at radius 2 is 2.11 bits per heavy atom. The highest BCUT2D eigenvalue weighted by molar-refractivity contribution is 7.99. The lowest BCUT2D eigenvalue weighted by Crippen LogP contribution is -2.23. The molecule has 1 amide bonds. The molecule has 5 heteroatoms. The fourth-order valence-electron chi connectivity index (χ4n) is 1.54. The number of aromatic nitrogens is 1. The van der Waals surface area contributed by atoms with Crippen LogP contribution in [0.1, 0.15) is 21.0 Å². The van der Waals surface area contributed by atoms with E-state index in [1.54, 1.807) is 24.2 Å². The number of hydrogen-bond acceptors (Lipinski definition) is 4. The van der Waals surface area contributed by atoms with Crippen molar-refractivity contribution in [1.29, 1.82) is 0 Å². The van der Waals surface area contributed by atoms with Crippen LogP contribution < -0.4 is 5.32 Å². The largest absolute Gasteiger partial charge is 0.351 e. The first kappa shape index (κ1) is 14.1. The van der Waals surface area contributed by atoms with E-state index in [1.807, 2.05) is 31.2 Å². The predicted octanol–water partition coefficient (Wildman–Crippen LogP) is 3.36. The molecular weight excluding hydrogens is 276 g/mol. The van der Waals surface area contributed by atoms with Gasteiger partial charge in [-0.2, -0.15) is 0 Å². The lowest BCUT2D eigenvalue weighted by Gasteiger charge is -2.03. The van der Waals surface area contributed by atoms with Gasteiger partial charge < -0.3 is 5.32 Å². The zero-order chi connectivity index (χ0) is 13.5. The molecular formula is C14H16N2OS2. The van der Waals surface area contributed by atoms with Gasteiger partial charge in [0.2, 0.25) is 0 Å². The van der Waals surface area contributed by atoms with Gasteiger partial charge in [0.25, 0.3) is 5.91 Å². The van der Waals surface area contributed by atoms with Crippen molar-refractivity contribution in [2.24, 2.45) is 0 Å². The highest BCUT2D eigenvalue weighted by Crippen LogP contribution is 2.17. The molecule has 100 valence electrons. The molecule has 0 saturated heterocycles. The maximum Gasteiger partial charge on any atom is 0.261 e. The average Bonchev–Trinajstić information content (AvgIpc) is 2.86. The predicted molar refractivity (Wildman–Crippen MR) is 81.0 cm³/mol. The fraction of sp³-hybridized carbons (Fsp3) is 0.286. The summed E-state index contributed by atoms with van der Waals surface area (Å²) in [6, 6.07) is 7.84. The number of rotatable bonds is 6. The smallest absolute Gasteiger partial charge is 0.261 e. The summed E-state index contributed by atoms with van der Waals surface area (Å²) >= 11 is 3.32. The summed E-state index contributed by atoms with van der Waals surface area (Å²) in [6.07, 6.45) is 4.55. The van der Waals surface area contributed by atoms with Gasteiger partial charge in [0.1, 0.15) is 0 Å². The lowest BCUT2D eigenvalue weighted by molar-refractivity contribution is 0.0958. The van der Waals surface area contributed by atoms with Crippen LogP contribution in [0, 0.1) is 6.92 Å². The van der Waals surface area contributed by atoms with Gasteiger partial charge in [0.15, 0.2) is 0 Å². The minimum absolute atomic E-state index is 0.0343. The molecule has 1 N–H and O–H groups in total. The van der Waals surface area contributed by atoms with E-state index in [9.17, 15) is 4.79 Å². The van der Waals surface area contributed by atoms with Crippen molar-refractivity contribution in [3.63, 3.8) is 0 Å². The third-order valence-corrected chi connectivity index (χ3v) is 4.59. The Kier molecular flexibility index (Phi) is 5.42. The number of thiophene rings is 1. The van der Waals surface area contributed by atoms with Crippen molar-refractivity contribution in [3.05, 3.63) is 46.4 Å². The molecule has 2 rings (SSSR count). The van der Waals surface area contributed by atoms with Crippen molar-refractivity contribution < 1.29 is 4.79 Å². The van der Waals surface area contributed by atoms with Crippen LogP contribution in [0.4, 0.5) is 0 Å². The van der Waals surface area contributed by atoms with Gasteiger partial charge in [-0.3, -0.25) is 9.78 Å². The zero-order valence-corrected chi connectivity index (χ0v) is 12.4. The Hall–Kier alpha value is -1.33. The first-order valence-electron chi connectivity index (χ1n) is 6.13. The zero-order valence-electron chi connectivity index (χ0n) is 10.8. The van der Waals surface area contributed by atoms with E-state index in [0.29, 0.717) is 6.54 Å². The van der Waals surface area contributed by atoms with Crippen LogP contribution in [0.2, 0.25) is 0 Å². The Bertz CT molecular complexity index is 525. The third-order valence-electron chi connectivity index (χ3n) is 2.49. The Morgan fingerprint density at radius 3 is 2.79 bits per heavy atom. The van der Waals surface area contributed by atoms with Gasteiger partial charge in [-0.25, -0.2) is 0 Å². The molecule has 0 aromatic carbocycles. The molecule has 0 saturated carbocycles. The van der Waals surface area contributed by atoms with Gasteiger partial charge >= 0.3 is 0 Å². The van der Waals surface area contributed by atoms with Crippen molar-refractivity contribution in [1.82, 2.24) is 10.3 Å². The highest BCUT2D eigenvalue weighted by Gasteiger charge is 2.06. The maximum absolute atomic E-state index is 11.8. The number of nitrogens with one attached hydrogen (secondary N) is 1. The molecule has 0 aliphatic rings. The molecule has 0 spiro atoms. The molecule has 0 aliphatic carbocycles. The second kappa shape index (κ2) is 7.31. The van der Waals surface area contributed by atoms with Gasteiger partial charge in [0.05, 0.1) is 4.88 Å². The van der Waals surface area contributed by atoms with Crippen molar-refractivity contribution >= 4 is 29.0 Å². The maximum atomic E-state index is 11.8. The lowest BCUT2D eigenvalue weighted by atomic mass is 10.4. The summed E-state index contributed by atoms with van der Waals surface area (Å²) in [7, 11) is 0. The van der Waals surface area contributed by atoms with Crippen LogP contribution in [-0.2, 0) is 0 Å². The van der Waals surface area contributed by atoms with Crippen LogP contribution in [0.5, 0.6) is 0 Å². The summed E-state index contributed by atoms with van der Waals surface area (Å²) in [6.45, 7) is 2.72. The van der Waals surface area contributed by atoms with Gasteiger partial charge in [0, 0.05) is 28.7 Å². The first-order chi connectivity index (χ1) is 9.25. The van der Waals surface area contributed by atoms with Crippen LogP contribution in [0.25, 0.3) is 0 Å². The van der Waals surface area contributed by atoms with E-state index in [2.05, 4.69) is 10.3 Å². The van der Waals surface area contributed by atoms with Crippen LogP contribution >= 0.6 is 23.1 Å². The standard InChI is InChI=1S/C14H16N2OS2/c1-11-3-4-13(19-11)14(17)16-7-2-10-18-12-5-8-15-9-6-12/h3-6,8-9H,2,7,10H2,1H3,(H,16,17). The van der Waals surface area contributed by atoms with Gasteiger partial charge in [-0.1, -0.05) is 0 Å². The van der Waals surface area contributed by atoms with Gasteiger partial charge in [-0.05, 0) is 43.4 Å². The summed E-state index contributed by atoms with van der Waals surface area (Å²) in [4.78, 5) is 18.9. The number of nitrogens with zero attached hydrogens (tertiary/aromatic N) is 1. The summed E-state index contributed by atoms with van der Waals surface area (Å²) in [5.41, 5.74) is 0. The Labute approximate surface area is 121 Å². The molecule has 19 heavy (non-hydrogen) atoms. The molecule has 0 atom stereocenters. The van der Waals surface area contributed by atoms with E-state index in [0.717, 1.165) is 17.1 Å². The van der Waals surface area contributed by atoms with E-state index in [1.165, 1.54) is 21.1 Å². The summed E-state index contributed by atoms with van der Waals surface area (Å²) in [5.74, 6) is 1.03. The highest BCUT2D eigenvalue weighted by atomic mass is 32.2. The van der Waals surface area contributed by atoms with Gasteiger partial charge in [-0.15, -0.1) is 23.1 Å². The van der Waals surface area contributed by atoms with Crippen LogP contribution in [-0.4, -0.2) is 23.2 Å². The van der Waals surface area contributed by atoms with Crippen LogP contribution in [0.15, 0.2) is 41.6 Å². The number of pyridine rings is 1. The number of carbonyl (C=O) groups is 1. The monoisotopic (exact) mass is 292 g/mol. The van der Waals surface area contributed by atoms with Crippen molar-refractivity contribution in [2.45, 2.75) is 18.2 Å². The average molecular weight is 292 g/mol. The molecule has 0 aliphatic heterocycles. The molecule has 0 unspecified atom stereocenters. The third kappa shape index (κ3) is 4.69. The quantitative estimate of drug-likeness (QED) is 0.655. The summed E-state index contributed by atoms with van der Waals surface area (Å²) in [5, 5.41) is 2.94. The van der Waals surface area contributed by atoms with E-state index in [-0.39, 0.29) is 5.91 Å². The normalized spacial score (nSPS) is 10.4. The molecule has 3 nitrogen and oxygen atoms in total. The summed E-state index contributed by atoms with van der Waals surface area (Å²) < 4.78 is 0. The second-order valence-corrected chi connectivity index (χ2v) is 6.51. The number of hydrogen-bond donors (Lipinski definition) is 1. The number of amides is 1. The molecule has 0 radical (unpaired) electrons. The van der Waals surface area contributed by atoms with E-state index < -0.39 is 0 Å². The Balaban J connectivity index is 1.63. The molecule has 0 fully saturated rings. The second-order valence-electron chi connectivity index (χ2n) is 4.05. The minimum atomic E-state index is 0.0343. The topological polar surface area (TPSA) is 42.0 Å².